The summed E-state index contributed by atoms with van der Waals surface area (Å²) in [7, 11) is 0. The zero-order valence-corrected chi connectivity index (χ0v) is 14.1. The third kappa shape index (κ3) is 12.6. The molecule has 4 heteroatoms. The normalized spacial score (nSPS) is 13.5. The molecule has 0 bridgehead atoms. The second-order valence-electron chi connectivity index (χ2n) is 3.70. The second kappa shape index (κ2) is 15.5. The number of hydrogen-bond acceptors (Lipinski definition) is 3. The van der Waals surface area contributed by atoms with Crippen molar-refractivity contribution in [1.82, 2.24) is 0 Å². The third-order valence-corrected chi connectivity index (χ3v) is 2.32. The molecule has 2 N–H and O–H groups in total. The summed E-state index contributed by atoms with van der Waals surface area (Å²) in [5.41, 5.74) is 0. The molecular weight excluding hydrogens is 258 g/mol. The van der Waals surface area contributed by atoms with E-state index in [0.717, 1.165) is 12.8 Å². The van der Waals surface area contributed by atoms with Crippen molar-refractivity contribution in [1.29, 1.82) is 0 Å². The first-order valence-electron chi connectivity index (χ1n) is 5.65. The van der Waals surface area contributed by atoms with Crippen LogP contribution in [0.2, 0.25) is 0 Å². The van der Waals surface area contributed by atoms with Crippen LogP contribution >= 0.6 is 0 Å². The molecule has 0 aromatic rings. The van der Waals surface area contributed by atoms with Gasteiger partial charge in [-0.05, 0) is 12.8 Å². The van der Waals surface area contributed by atoms with Gasteiger partial charge in [-0.15, -0.1) is 0 Å². The molecule has 0 fully saturated rings. The topological polar surface area (TPSA) is 49.7 Å². The van der Waals surface area contributed by atoms with Crippen LogP contribution in [0.4, 0.5) is 0 Å². The number of hydrogen-bond donors (Lipinski definition) is 2. The van der Waals surface area contributed by atoms with Crippen LogP contribution in [0.1, 0.15) is 46.0 Å². The smallest absolute Gasteiger partial charge is 0.100 e. The molecule has 96 valence electrons. The standard InChI is InChI=1S/C11H24O3.CH3.Zn/c1-3-5-6-7-11(4-2)14-9-10(13)8-12;;/h10-13H,3-9H2,1-2H3;1H3;/q;-1;. The maximum atomic E-state index is 9.10. The summed E-state index contributed by atoms with van der Waals surface area (Å²) in [6.07, 6.45) is 5.19. The minimum absolute atomic E-state index is 0. The fourth-order valence-electron chi connectivity index (χ4n) is 1.33. The summed E-state index contributed by atoms with van der Waals surface area (Å²) in [6.45, 7) is 4.30. The van der Waals surface area contributed by atoms with Crippen LogP contribution in [0.25, 0.3) is 0 Å². The summed E-state index contributed by atoms with van der Waals surface area (Å²) < 4.78 is 5.48. The molecule has 0 amide bonds. The van der Waals surface area contributed by atoms with Crippen LogP contribution in [0.15, 0.2) is 0 Å². The first-order chi connectivity index (χ1) is 6.74. The van der Waals surface area contributed by atoms with Crippen molar-refractivity contribution in [3.05, 3.63) is 7.43 Å². The Hall–Kier alpha value is 0.503. The Morgan fingerprint density at radius 1 is 1.19 bits per heavy atom. The molecule has 0 aliphatic carbocycles. The SMILES string of the molecule is CCCCCC(CC)OCC(O)CO.[CH3-].[Zn]. The van der Waals surface area contributed by atoms with Gasteiger partial charge < -0.3 is 22.4 Å². The average Bonchev–Trinajstić information content (AvgIpc) is 2.22. The molecule has 0 aliphatic rings. The van der Waals surface area contributed by atoms with E-state index < -0.39 is 6.10 Å². The molecule has 0 saturated carbocycles. The number of unbranched alkanes of at least 4 members (excludes halogenated alkanes) is 2. The molecule has 2 atom stereocenters. The van der Waals surface area contributed by atoms with E-state index in [1.165, 1.54) is 19.3 Å². The van der Waals surface area contributed by atoms with Crippen molar-refractivity contribution < 1.29 is 34.4 Å². The molecule has 0 rings (SSSR count). The predicted octanol–water partition coefficient (Wildman–Crippen LogP) is 2.16. The van der Waals surface area contributed by atoms with Crippen molar-refractivity contribution in [2.45, 2.75) is 58.2 Å². The summed E-state index contributed by atoms with van der Waals surface area (Å²) >= 11 is 0. The Morgan fingerprint density at radius 2 is 1.81 bits per heavy atom. The summed E-state index contributed by atoms with van der Waals surface area (Å²) in [5.74, 6) is 0. The summed E-state index contributed by atoms with van der Waals surface area (Å²) in [6, 6.07) is 0. The largest absolute Gasteiger partial charge is 0.394 e. The van der Waals surface area contributed by atoms with Gasteiger partial charge in [0.2, 0.25) is 0 Å². The quantitative estimate of drug-likeness (QED) is 0.388. The zero-order valence-electron chi connectivity index (χ0n) is 11.1. The zero-order chi connectivity index (χ0) is 10.8. The Labute approximate surface area is 113 Å². The molecule has 0 saturated heterocycles. The van der Waals surface area contributed by atoms with Crippen LogP contribution in [0.5, 0.6) is 0 Å². The molecule has 0 radical (unpaired) electrons. The molecule has 0 aromatic carbocycles. The Kier molecular flexibility index (Phi) is 21.1. The monoisotopic (exact) mass is 283 g/mol. The third-order valence-electron chi connectivity index (χ3n) is 2.32. The Morgan fingerprint density at radius 3 is 2.25 bits per heavy atom. The summed E-state index contributed by atoms with van der Waals surface area (Å²) in [4.78, 5) is 0. The number of ether oxygens (including phenoxy) is 1. The minimum Gasteiger partial charge on any atom is -0.394 e. The van der Waals surface area contributed by atoms with Crippen LogP contribution < -0.4 is 0 Å². The van der Waals surface area contributed by atoms with Crippen molar-refractivity contribution in [3.63, 3.8) is 0 Å². The van der Waals surface area contributed by atoms with E-state index in [1.807, 2.05) is 0 Å². The van der Waals surface area contributed by atoms with Gasteiger partial charge in [-0.2, -0.15) is 0 Å². The molecule has 3 nitrogen and oxygen atoms in total. The maximum Gasteiger partial charge on any atom is 0.100 e. The van der Waals surface area contributed by atoms with Crippen molar-refractivity contribution in [3.8, 4) is 0 Å². The number of rotatable bonds is 9. The van der Waals surface area contributed by atoms with E-state index >= 15 is 0 Å². The first-order valence-corrected chi connectivity index (χ1v) is 5.65. The summed E-state index contributed by atoms with van der Waals surface area (Å²) in [5, 5.41) is 17.7. The van der Waals surface area contributed by atoms with Crippen molar-refractivity contribution >= 4 is 0 Å². The van der Waals surface area contributed by atoms with Crippen LogP contribution in [0.3, 0.4) is 0 Å². The fourth-order valence-corrected chi connectivity index (χ4v) is 1.33. The van der Waals surface area contributed by atoms with E-state index in [2.05, 4.69) is 13.8 Å². The van der Waals surface area contributed by atoms with Gasteiger partial charge >= 0.3 is 0 Å². The fraction of sp³-hybridized carbons (Fsp3) is 0.917. The van der Waals surface area contributed by atoms with Gasteiger partial charge in [0.05, 0.1) is 19.3 Å². The van der Waals surface area contributed by atoms with Gasteiger partial charge in [-0.1, -0.05) is 33.1 Å². The van der Waals surface area contributed by atoms with E-state index in [9.17, 15) is 0 Å². The number of aliphatic hydroxyl groups excluding tert-OH is 2. The van der Waals surface area contributed by atoms with E-state index in [4.69, 9.17) is 14.9 Å². The molecule has 2 unspecified atom stereocenters. The van der Waals surface area contributed by atoms with Gasteiger partial charge in [0, 0.05) is 19.5 Å². The predicted molar refractivity (Wildman–Crippen MR) is 63.7 cm³/mol. The van der Waals surface area contributed by atoms with E-state index in [-0.39, 0.29) is 46.2 Å². The van der Waals surface area contributed by atoms with Crippen molar-refractivity contribution in [2.24, 2.45) is 0 Å². The van der Waals surface area contributed by atoms with Gasteiger partial charge in [0.15, 0.2) is 0 Å². The van der Waals surface area contributed by atoms with Gasteiger partial charge in [0.25, 0.3) is 0 Å². The van der Waals surface area contributed by atoms with Gasteiger partial charge in [-0.3, -0.25) is 0 Å². The minimum atomic E-state index is -0.727. The molecular formula is C12H27O3Zn-. The molecule has 0 spiro atoms. The molecule has 0 aromatic heterocycles. The second-order valence-corrected chi connectivity index (χ2v) is 3.70. The first kappa shape index (κ1) is 21.8. The Balaban J connectivity index is -0.000000845. The van der Waals surface area contributed by atoms with E-state index in [0.29, 0.717) is 0 Å². The van der Waals surface area contributed by atoms with Gasteiger partial charge in [-0.25, -0.2) is 0 Å². The van der Waals surface area contributed by atoms with E-state index in [1.54, 1.807) is 0 Å². The molecule has 0 aliphatic heterocycles. The van der Waals surface area contributed by atoms with Crippen molar-refractivity contribution in [2.75, 3.05) is 13.2 Å². The van der Waals surface area contributed by atoms with Crippen LogP contribution in [-0.4, -0.2) is 35.6 Å². The van der Waals surface area contributed by atoms with Crippen LogP contribution in [-0.2, 0) is 24.2 Å². The molecule has 0 heterocycles. The molecule has 16 heavy (non-hydrogen) atoms. The number of aliphatic hydroxyl groups is 2. The average molecular weight is 285 g/mol. The Bertz CT molecular complexity index is 123. The van der Waals surface area contributed by atoms with Crippen LogP contribution in [0, 0.1) is 7.43 Å². The van der Waals surface area contributed by atoms with Gasteiger partial charge in [0.1, 0.15) is 6.10 Å². The maximum absolute atomic E-state index is 9.10.